The number of aromatic hydroxyl groups is 1. The monoisotopic (exact) mass is 231 g/mol. The summed E-state index contributed by atoms with van der Waals surface area (Å²) in [6.45, 7) is 3.33. The third-order valence-corrected chi connectivity index (χ3v) is 3.48. The largest absolute Gasteiger partial charge is 0.508 e. The van der Waals surface area contributed by atoms with E-state index < -0.39 is 0 Å². The molecule has 0 spiro atoms. The first-order valence-corrected chi connectivity index (χ1v) is 6.24. The molecule has 2 aromatic rings. The van der Waals surface area contributed by atoms with Gasteiger partial charge in [-0.2, -0.15) is 0 Å². The molecule has 3 rings (SSSR count). The number of fused-ring (bicyclic) bond motifs is 1. The molecular weight excluding hydrogens is 214 g/mol. The fraction of sp³-hybridized carbons (Fsp3) is 0.429. The molecule has 3 nitrogen and oxygen atoms in total. The minimum Gasteiger partial charge on any atom is -0.508 e. The third-order valence-electron chi connectivity index (χ3n) is 3.48. The van der Waals surface area contributed by atoms with Crippen molar-refractivity contribution in [3.63, 3.8) is 0 Å². The minimum absolute atomic E-state index is 0.261. The highest BCUT2D eigenvalue weighted by atomic mass is 16.3. The Labute approximate surface area is 101 Å². The van der Waals surface area contributed by atoms with Crippen LogP contribution in [0, 0.1) is 0 Å². The number of likely N-dealkylation sites (tertiary alicyclic amines) is 1. The van der Waals surface area contributed by atoms with Gasteiger partial charge >= 0.3 is 0 Å². The Balaban J connectivity index is 1.84. The summed E-state index contributed by atoms with van der Waals surface area (Å²) in [6.07, 6.45) is 5.78. The molecule has 1 aliphatic heterocycles. The lowest BCUT2D eigenvalue weighted by molar-refractivity contribution is 0.221. The van der Waals surface area contributed by atoms with Crippen LogP contribution in [0.3, 0.4) is 0 Å². The van der Waals surface area contributed by atoms with Crippen molar-refractivity contribution in [3.8, 4) is 5.75 Å². The van der Waals surface area contributed by atoms with E-state index in [0.717, 1.165) is 17.5 Å². The summed E-state index contributed by atoms with van der Waals surface area (Å²) in [4.78, 5) is 2.47. The smallest absolute Gasteiger partial charge is 0.137 e. The van der Waals surface area contributed by atoms with Gasteiger partial charge in [-0.25, -0.2) is 0 Å². The predicted molar refractivity (Wildman–Crippen MR) is 67.0 cm³/mol. The van der Waals surface area contributed by atoms with E-state index in [2.05, 4.69) is 4.90 Å². The Bertz CT molecular complexity index is 512. The fourth-order valence-electron chi connectivity index (χ4n) is 2.55. The number of hydrogen-bond donors (Lipinski definition) is 1. The summed E-state index contributed by atoms with van der Waals surface area (Å²) in [5.41, 5.74) is 2.00. The second-order valence-electron chi connectivity index (χ2n) is 4.78. The maximum absolute atomic E-state index is 9.39. The van der Waals surface area contributed by atoms with Crippen molar-refractivity contribution < 1.29 is 9.52 Å². The van der Waals surface area contributed by atoms with E-state index in [1.807, 2.05) is 12.3 Å². The average molecular weight is 231 g/mol. The van der Waals surface area contributed by atoms with Gasteiger partial charge in [0.15, 0.2) is 0 Å². The molecule has 1 aromatic carbocycles. The quantitative estimate of drug-likeness (QED) is 0.862. The van der Waals surface area contributed by atoms with Gasteiger partial charge in [0.25, 0.3) is 0 Å². The lowest BCUT2D eigenvalue weighted by Crippen LogP contribution is -2.28. The van der Waals surface area contributed by atoms with Crippen LogP contribution in [0.15, 0.2) is 28.9 Å². The lowest BCUT2D eigenvalue weighted by Gasteiger charge is -2.25. The molecule has 0 bridgehead atoms. The van der Waals surface area contributed by atoms with E-state index in [4.69, 9.17) is 4.42 Å². The van der Waals surface area contributed by atoms with Gasteiger partial charge in [0.2, 0.25) is 0 Å². The van der Waals surface area contributed by atoms with Gasteiger partial charge in [0, 0.05) is 23.6 Å². The van der Waals surface area contributed by atoms with Crippen molar-refractivity contribution in [1.29, 1.82) is 0 Å². The molecule has 1 saturated heterocycles. The van der Waals surface area contributed by atoms with Crippen LogP contribution < -0.4 is 0 Å². The minimum atomic E-state index is 0.261. The molecule has 0 saturated carbocycles. The molecule has 0 radical (unpaired) electrons. The summed E-state index contributed by atoms with van der Waals surface area (Å²) in [6, 6.07) is 5.33. The Morgan fingerprint density at radius 2 is 2.00 bits per heavy atom. The van der Waals surface area contributed by atoms with Gasteiger partial charge in [0.1, 0.15) is 11.3 Å². The molecule has 17 heavy (non-hydrogen) atoms. The number of nitrogens with zero attached hydrogens (tertiary/aromatic N) is 1. The normalized spacial score (nSPS) is 17.6. The molecule has 1 aliphatic rings. The molecule has 1 aromatic heterocycles. The first-order valence-electron chi connectivity index (χ1n) is 6.24. The van der Waals surface area contributed by atoms with Gasteiger partial charge in [0.05, 0.1) is 6.26 Å². The number of benzene rings is 1. The van der Waals surface area contributed by atoms with Crippen LogP contribution >= 0.6 is 0 Å². The summed E-state index contributed by atoms with van der Waals surface area (Å²) in [5, 5.41) is 10.5. The second kappa shape index (κ2) is 4.41. The molecule has 2 heterocycles. The molecule has 1 fully saturated rings. The number of furan rings is 1. The fourth-order valence-corrected chi connectivity index (χ4v) is 2.55. The maximum Gasteiger partial charge on any atom is 0.137 e. The van der Waals surface area contributed by atoms with Gasteiger partial charge in [-0.15, -0.1) is 0 Å². The zero-order valence-electron chi connectivity index (χ0n) is 9.85. The predicted octanol–water partition coefficient (Wildman–Crippen LogP) is 3.12. The van der Waals surface area contributed by atoms with Crippen molar-refractivity contribution in [1.82, 2.24) is 4.90 Å². The van der Waals surface area contributed by atoms with E-state index in [-0.39, 0.29) is 5.75 Å². The molecule has 0 unspecified atom stereocenters. The topological polar surface area (TPSA) is 36.6 Å². The average Bonchev–Trinajstić information content (AvgIpc) is 2.73. The Morgan fingerprint density at radius 3 is 2.82 bits per heavy atom. The first-order chi connectivity index (χ1) is 8.33. The zero-order valence-corrected chi connectivity index (χ0v) is 9.85. The van der Waals surface area contributed by atoms with Gasteiger partial charge in [-0.1, -0.05) is 6.42 Å². The first kappa shape index (κ1) is 10.7. The lowest BCUT2D eigenvalue weighted by atomic mass is 10.1. The number of phenolic OH excluding ortho intramolecular Hbond substituents is 1. The standard InChI is InChI=1S/C14H17NO2/c16-12-4-5-13-11(10-17-14(13)8-12)9-15-6-2-1-3-7-15/h4-5,8,10,16H,1-3,6-7,9H2. The van der Waals surface area contributed by atoms with E-state index in [1.54, 1.807) is 12.1 Å². The van der Waals surface area contributed by atoms with Crippen LogP contribution in [-0.4, -0.2) is 23.1 Å². The number of piperidine rings is 1. The van der Waals surface area contributed by atoms with Gasteiger partial charge < -0.3 is 9.52 Å². The van der Waals surface area contributed by atoms with E-state index >= 15 is 0 Å². The van der Waals surface area contributed by atoms with Crippen molar-refractivity contribution in [2.24, 2.45) is 0 Å². The van der Waals surface area contributed by atoms with Crippen LogP contribution in [0.25, 0.3) is 11.0 Å². The highest BCUT2D eigenvalue weighted by molar-refractivity contribution is 5.82. The van der Waals surface area contributed by atoms with Crippen molar-refractivity contribution in [2.45, 2.75) is 25.8 Å². The summed E-state index contributed by atoms with van der Waals surface area (Å²) >= 11 is 0. The zero-order chi connectivity index (χ0) is 11.7. The van der Waals surface area contributed by atoms with Crippen molar-refractivity contribution in [3.05, 3.63) is 30.0 Å². The number of phenols is 1. The maximum atomic E-state index is 9.39. The highest BCUT2D eigenvalue weighted by Crippen LogP contribution is 2.26. The van der Waals surface area contributed by atoms with Crippen LogP contribution in [0.1, 0.15) is 24.8 Å². The number of rotatable bonds is 2. The summed E-state index contributed by atoms with van der Waals surface area (Å²) < 4.78 is 5.48. The van der Waals surface area contributed by atoms with Gasteiger partial charge in [-0.05, 0) is 38.1 Å². The second-order valence-corrected chi connectivity index (χ2v) is 4.78. The molecule has 0 amide bonds. The summed E-state index contributed by atoms with van der Waals surface area (Å²) in [5.74, 6) is 0.261. The van der Waals surface area contributed by atoms with Gasteiger partial charge in [-0.3, -0.25) is 4.90 Å². The van der Waals surface area contributed by atoms with E-state index in [9.17, 15) is 5.11 Å². The van der Waals surface area contributed by atoms with Crippen molar-refractivity contribution in [2.75, 3.05) is 13.1 Å². The number of hydrogen-bond acceptors (Lipinski definition) is 3. The summed E-state index contributed by atoms with van der Waals surface area (Å²) in [7, 11) is 0. The SMILES string of the molecule is Oc1ccc2c(CN3CCCCC3)coc2c1. The third kappa shape index (κ3) is 2.15. The van der Waals surface area contributed by atoms with E-state index in [0.29, 0.717) is 0 Å². The highest BCUT2D eigenvalue weighted by Gasteiger charge is 2.13. The Kier molecular flexibility index (Phi) is 2.77. The van der Waals surface area contributed by atoms with Crippen molar-refractivity contribution >= 4 is 11.0 Å². The molecule has 90 valence electrons. The molecule has 1 N–H and O–H groups in total. The van der Waals surface area contributed by atoms with Crippen LogP contribution in [0.2, 0.25) is 0 Å². The molecule has 0 aliphatic carbocycles. The van der Waals surface area contributed by atoms with Crippen LogP contribution in [0.4, 0.5) is 0 Å². The molecule has 3 heteroatoms. The molecule has 0 atom stereocenters. The van der Waals surface area contributed by atoms with Crippen LogP contribution in [0.5, 0.6) is 5.75 Å². The van der Waals surface area contributed by atoms with Crippen LogP contribution in [-0.2, 0) is 6.54 Å². The Morgan fingerprint density at radius 1 is 1.18 bits per heavy atom. The van der Waals surface area contributed by atoms with E-state index in [1.165, 1.54) is 37.9 Å². The molecular formula is C14H17NO2. The Hall–Kier alpha value is -1.48.